The quantitative estimate of drug-likeness (QED) is 0.147. The van der Waals surface area contributed by atoms with Crippen molar-refractivity contribution in [1.29, 1.82) is 0 Å². The molecule has 0 aromatic rings. The zero-order valence-corrected chi connectivity index (χ0v) is 18.8. The van der Waals surface area contributed by atoms with Crippen molar-refractivity contribution < 1.29 is 49.5 Å². The largest absolute Gasteiger partial charge is 0.480 e. The Morgan fingerprint density at radius 3 is 1.34 bits per heavy atom. The predicted octanol–water partition coefficient (Wildman–Crippen LogP) is -2.27. The highest BCUT2D eigenvalue weighted by atomic mass is 16.4. The third kappa shape index (κ3) is 9.39. The van der Waals surface area contributed by atoms with Crippen LogP contribution in [0, 0.1) is 11.8 Å². The number of hydrogen-bond acceptors (Lipinski definition) is 9. The highest BCUT2D eigenvalue weighted by Gasteiger charge is 2.36. The summed E-state index contributed by atoms with van der Waals surface area (Å²) in [6.45, 7) is 6.06. The first-order valence-electron chi connectivity index (χ1n) is 10.2. The van der Waals surface area contributed by atoms with Gasteiger partial charge in [-0.05, 0) is 34.6 Å². The highest BCUT2D eigenvalue weighted by Crippen LogP contribution is 2.16. The van der Waals surface area contributed by atoms with Crippen LogP contribution in [-0.2, 0) is 24.0 Å². The first-order chi connectivity index (χ1) is 14.6. The molecule has 0 rings (SSSR count). The molecule has 0 aliphatic heterocycles. The van der Waals surface area contributed by atoms with Crippen LogP contribution in [0.25, 0.3) is 0 Å². The lowest BCUT2D eigenvalue weighted by atomic mass is 9.90. The normalized spacial score (nSPS) is 18.8. The van der Waals surface area contributed by atoms with E-state index in [9.17, 15) is 44.4 Å². The molecule has 8 unspecified atom stereocenters. The predicted molar refractivity (Wildman–Crippen MR) is 110 cm³/mol. The van der Waals surface area contributed by atoms with Crippen molar-refractivity contribution in [3.05, 3.63) is 0 Å². The fraction of sp³-hybridized carbons (Fsp3) is 0.750. The number of carbonyl (C=O) groups is 5. The Labute approximate surface area is 186 Å². The van der Waals surface area contributed by atoms with Crippen molar-refractivity contribution in [1.82, 2.24) is 10.6 Å². The molecule has 12 nitrogen and oxygen atoms in total. The van der Waals surface area contributed by atoms with Crippen molar-refractivity contribution >= 4 is 29.4 Å². The lowest BCUT2D eigenvalue weighted by molar-refractivity contribution is -0.146. The van der Waals surface area contributed by atoms with Crippen LogP contribution < -0.4 is 10.6 Å². The van der Waals surface area contributed by atoms with Crippen LogP contribution in [-0.4, -0.2) is 91.4 Å². The summed E-state index contributed by atoms with van der Waals surface area (Å²) in [6, 6.07) is -3.19. The smallest absolute Gasteiger partial charge is 0.328 e. The van der Waals surface area contributed by atoms with Gasteiger partial charge in [-0.25, -0.2) is 4.79 Å². The number of rotatable bonds is 14. The summed E-state index contributed by atoms with van der Waals surface area (Å²) in [6.07, 6.45) is -6.45. The minimum atomic E-state index is -1.68. The highest BCUT2D eigenvalue weighted by molar-refractivity contribution is 5.95. The number of carbonyl (C=O) groups excluding carboxylic acids is 4. The second kappa shape index (κ2) is 13.2. The number of carboxylic acids is 1. The zero-order valence-electron chi connectivity index (χ0n) is 18.8. The van der Waals surface area contributed by atoms with E-state index in [1.165, 1.54) is 27.7 Å². The van der Waals surface area contributed by atoms with Gasteiger partial charge in [0.2, 0.25) is 11.8 Å². The molecule has 32 heavy (non-hydrogen) atoms. The van der Waals surface area contributed by atoms with Gasteiger partial charge in [0.15, 0.2) is 11.8 Å². The maximum Gasteiger partial charge on any atom is 0.328 e. The number of amides is 2. The summed E-state index contributed by atoms with van der Waals surface area (Å²) >= 11 is 0. The van der Waals surface area contributed by atoms with Gasteiger partial charge in [-0.2, -0.15) is 0 Å². The minimum absolute atomic E-state index is 0.293. The van der Waals surface area contributed by atoms with Gasteiger partial charge in [0.05, 0.1) is 36.3 Å². The molecule has 0 bridgehead atoms. The Balaban J connectivity index is 5.53. The first-order valence-corrected chi connectivity index (χ1v) is 10.2. The van der Waals surface area contributed by atoms with Crippen molar-refractivity contribution in [2.24, 2.45) is 11.8 Å². The van der Waals surface area contributed by atoms with Crippen LogP contribution in [0.3, 0.4) is 0 Å². The average molecular weight is 462 g/mol. The fourth-order valence-electron chi connectivity index (χ4n) is 3.00. The van der Waals surface area contributed by atoms with E-state index < -0.39 is 78.3 Å². The summed E-state index contributed by atoms with van der Waals surface area (Å²) in [7, 11) is 0. The van der Waals surface area contributed by atoms with Crippen LogP contribution in [0.1, 0.15) is 47.5 Å². The van der Waals surface area contributed by atoms with Gasteiger partial charge in [0, 0.05) is 12.8 Å². The third-order valence-electron chi connectivity index (χ3n) is 4.94. The summed E-state index contributed by atoms with van der Waals surface area (Å²) in [5, 5.41) is 52.6. The molecular formula is C20H34N2O10. The summed E-state index contributed by atoms with van der Waals surface area (Å²) in [5.74, 6) is -7.21. The van der Waals surface area contributed by atoms with Crippen molar-refractivity contribution in [3.63, 3.8) is 0 Å². The maximum absolute atomic E-state index is 12.7. The van der Waals surface area contributed by atoms with E-state index in [4.69, 9.17) is 5.11 Å². The molecule has 0 heterocycles. The maximum atomic E-state index is 12.7. The molecule has 0 fully saturated rings. The van der Waals surface area contributed by atoms with E-state index in [2.05, 4.69) is 5.32 Å². The van der Waals surface area contributed by atoms with E-state index in [0.717, 1.165) is 6.92 Å². The average Bonchev–Trinajstić information content (AvgIpc) is 2.64. The van der Waals surface area contributed by atoms with Crippen molar-refractivity contribution in [2.75, 3.05) is 0 Å². The molecule has 0 radical (unpaired) electrons. The first kappa shape index (κ1) is 29.6. The van der Waals surface area contributed by atoms with Gasteiger partial charge in [0.25, 0.3) is 0 Å². The molecule has 12 heteroatoms. The molecule has 0 aromatic carbocycles. The lowest BCUT2D eigenvalue weighted by Crippen LogP contribution is -2.54. The van der Waals surface area contributed by atoms with Crippen LogP contribution in [0.2, 0.25) is 0 Å². The monoisotopic (exact) mass is 462 g/mol. The summed E-state index contributed by atoms with van der Waals surface area (Å²) in [5.41, 5.74) is 0. The topological polar surface area (TPSA) is 211 Å². The van der Waals surface area contributed by atoms with Crippen LogP contribution in [0.15, 0.2) is 0 Å². The number of nitrogens with one attached hydrogen (secondary N) is 2. The number of aliphatic carboxylic acids is 1. The van der Waals surface area contributed by atoms with E-state index in [-0.39, 0.29) is 12.2 Å². The number of aliphatic hydroxyl groups is 4. The Morgan fingerprint density at radius 2 is 1.03 bits per heavy atom. The standard InChI is InChI=1S/C20H34N2O10/c1-8(23)6-13(9(2)24)18(29)21-16(11(4)26)15(28)7-14(10(3)25)19(30)22-17(12(5)27)20(31)32/h9-14,16-17,24-27H,6-7H2,1-5H3,(H,21,29)(H,22,30)(H,31,32). The number of carboxylic acid groups (broad SMARTS) is 1. The minimum Gasteiger partial charge on any atom is -0.480 e. The third-order valence-corrected chi connectivity index (χ3v) is 4.94. The van der Waals surface area contributed by atoms with Gasteiger partial charge in [-0.1, -0.05) is 0 Å². The lowest BCUT2D eigenvalue weighted by Gasteiger charge is -2.27. The Bertz CT molecular complexity index is 690. The molecule has 0 saturated heterocycles. The molecule has 184 valence electrons. The van der Waals surface area contributed by atoms with E-state index >= 15 is 0 Å². The molecule has 0 saturated carbocycles. The molecule has 8 atom stereocenters. The van der Waals surface area contributed by atoms with Crippen LogP contribution in [0.4, 0.5) is 0 Å². The number of Topliss-reactive ketones (excluding diaryl/α,β-unsaturated/α-hetero) is 2. The molecule has 0 spiro atoms. The molecular weight excluding hydrogens is 428 g/mol. The molecule has 2 amide bonds. The van der Waals surface area contributed by atoms with Crippen molar-refractivity contribution in [3.8, 4) is 0 Å². The van der Waals surface area contributed by atoms with Crippen molar-refractivity contribution in [2.45, 2.75) is 84.0 Å². The van der Waals surface area contributed by atoms with E-state index in [1.54, 1.807) is 0 Å². The number of ketones is 2. The van der Waals surface area contributed by atoms with Gasteiger partial charge < -0.3 is 41.0 Å². The van der Waals surface area contributed by atoms with Gasteiger partial charge in [-0.3, -0.25) is 14.4 Å². The Kier molecular flexibility index (Phi) is 12.2. The summed E-state index contributed by atoms with van der Waals surface area (Å²) < 4.78 is 0. The van der Waals surface area contributed by atoms with Gasteiger partial charge in [-0.15, -0.1) is 0 Å². The summed E-state index contributed by atoms with van der Waals surface area (Å²) in [4.78, 5) is 60.2. The zero-order chi connectivity index (χ0) is 25.3. The van der Waals surface area contributed by atoms with Crippen LogP contribution >= 0.6 is 0 Å². The Hall–Kier alpha value is -2.41. The SMILES string of the molecule is CC(=O)CC(C(=O)NC(C(=O)CC(C(=O)NC(C(=O)O)C(C)O)C(C)O)C(C)O)C(C)O. The molecule has 0 aromatic heterocycles. The van der Waals surface area contributed by atoms with Gasteiger partial charge in [0.1, 0.15) is 11.8 Å². The fourth-order valence-corrected chi connectivity index (χ4v) is 3.00. The molecule has 7 N–H and O–H groups in total. The molecule has 0 aliphatic carbocycles. The van der Waals surface area contributed by atoms with Gasteiger partial charge >= 0.3 is 5.97 Å². The second-order valence-corrected chi connectivity index (χ2v) is 8.06. The van der Waals surface area contributed by atoms with E-state index in [0.29, 0.717) is 0 Å². The second-order valence-electron chi connectivity index (χ2n) is 8.06. The van der Waals surface area contributed by atoms with Crippen LogP contribution in [0.5, 0.6) is 0 Å². The number of aliphatic hydroxyl groups excluding tert-OH is 4. The van der Waals surface area contributed by atoms with E-state index in [1.807, 2.05) is 5.32 Å². The number of hydrogen-bond donors (Lipinski definition) is 7. The Morgan fingerprint density at radius 1 is 0.656 bits per heavy atom. The molecule has 0 aliphatic rings.